The Balaban J connectivity index is 1.61. The normalized spacial score (nSPS) is 20.0. The van der Waals surface area contributed by atoms with E-state index in [0.29, 0.717) is 24.4 Å². The molecule has 2 atom stereocenters. The Labute approximate surface area is 170 Å². The maximum Gasteiger partial charge on any atom is 0.255 e. The fourth-order valence-corrected chi connectivity index (χ4v) is 4.74. The number of benzene rings is 2. The first-order chi connectivity index (χ1) is 14.1. The summed E-state index contributed by atoms with van der Waals surface area (Å²) < 4.78 is 0. The van der Waals surface area contributed by atoms with Gasteiger partial charge in [-0.25, -0.2) is 0 Å². The minimum absolute atomic E-state index is 0.0566. The van der Waals surface area contributed by atoms with Crippen molar-refractivity contribution in [1.82, 2.24) is 15.2 Å². The van der Waals surface area contributed by atoms with Gasteiger partial charge in [0.2, 0.25) is 5.91 Å². The van der Waals surface area contributed by atoms with Gasteiger partial charge in [0.15, 0.2) is 0 Å². The van der Waals surface area contributed by atoms with Crippen molar-refractivity contribution in [2.75, 3.05) is 6.54 Å². The third-order valence-corrected chi connectivity index (χ3v) is 6.18. The molecule has 0 fully saturated rings. The zero-order chi connectivity index (χ0) is 20.1. The Kier molecular flexibility index (Phi) is 4.19. The number of amides is 2. The van der Waals surface area contributed by atoms with Crippen molar-refractivity contribution in [2.45, 2.75) is 38.8 Å². The number of hydrogen-bond donors (Lipinski definition) is 2. The van der Waals surface area contributed by atoms with E-state index in [1.165, 1.54) is 0 Å². The minimum atomic E-state index is -0.501. The van der Waals surface area contributed by atoms with Crippen LogP contribution in [0.3, 0.4) is 0 Å². The maximum absolute atomic E-state index is 13.3. The molecular weight excluding hydrogens is 362 g/mol. The van der Waals surface area contributed by atoms with Crippen molar-refractivity contribution in [3.63, 3.8) is 0 Å². The molecule has 2 amide bonds. The van der Waals surface area contributed by atoms with Crippen LogP contribution in [0.2, 0.25) is 0 Å². The molecule has 0 radical (unpaired) electrons. The Morgan fingerprint density at radius 1 is 1.17 bits per heavy atom. The summed E-state index contributed by atoms with van der Waals surface area (Å²) in [7, 11) is 0. The number of carbonyl (C=O) groups is 2. The van der Waals surface area contributed by atoms with Gasteiger partial charge in [-0.15, -0.1) is 0 Å². The molecule has 5 nitrogen and oxygen atoms in total. The van der Waals surface area contributed by atoms with Gasteiger partial charge in [-0.1, -0.05) is 50.2 Å². The van der Waals surface area contributed by atoms with Crippen LogP contribution in [0.1, 0.15) is 53.5 Å². The summed E-state index contributed by atoms with van der Waals surface area (Å²) in [6.45, 7) is 4.91. The summed E-state index contributed by atoms with van der Waals surface area (Å²) in [4.78, 5) is 31.8. The molecule has 0 aliphatic carbocycles. The van der Waals surface area contributed by atoms with Crippen LogP contribution >= 0.6 is 0 Å². The number of hydrogen-bond acceptors (Lipinski definition) is 2. The molecule has 2 aromatic carbocycles. The van der Waals surface area contributed by atoms with Gasteiger partial charge in [-0.3, -0.25) is 9.59 Å². The van der Waals surface area contributed by atoms with E-state index in [2.05, 4.69) is 36.3 Å². The first-order valence-electron chi connectivity index (χ1n) is 10.3. The number of aromatic amines is 1. The molecule has 0 saturated heterocycles. The lowest BCUT2D eigenvalue weighted by atomic mass is 9.90. The van der Waals surface area contributed by atoms with Gasteiger partial charge < -0.3 is 15.2 Å². The number of nitrogens with zero attached hydrogens (tertiary/aromatic N) is 1. The number of nitrogens with one attached hydrogen (secondary N) is 2. The summed E-state index contributed by atoms with van der Waals surface area (Å²) in [5, 5.41) is 4.21. The molecule has 5 heteroatoms. The molecule has 0 bridgehead atoms. The van der Waals surface area contributed by atoms with E-state index >= 15 is 0 Å². The van der Waals surface area contributed by atoms with Gasteiger partial charge in [0.25, 0.3) is 5.91 Å². The lowest BCUT2D eigenvalue weighted by molar-refractivity contribution is -0.126. The molecule has 0 unspecified atom stereocenters. The Bertz CT molecular complexity index is 1110. The zero-order valence-corrected chi connectivity index (χ0v) is 16.7. The maximum atomic E-state index is 13.3. The fraction of sp³-hybridized carbons (Fsp3) is 0.333. The molecule has 3 heterocycles. The highest BCUT2D eigenvalue weighted by Crippen LogP contribution is 2.46. The van der Waals surface area contributed by atoms with Crippen molar-refractivity contribution in [2.24, 2.45) is 5.92 Å². The number of fused-ring (bicyclic) bond motifs is 7. The van der Waals surface area contributed by atoms with Crippen LogP contribution < -0.4 is 5.32 Å². The predicted molar refractivity (Wildman–Crippen MR) is 113 cm³/mol. The quantitative estimate of drug-likeness (QED) is 0.715. The molecule has 148 valence electrons. The lowest BCUT2D eigenvalue weighted by Gasteiger charge is -2.37. The van der Waals surface area contributed by atoms with Gasteiger partial charge >= 0.3 is 0 Å². The van der Waals surface area contributed by atoms with Crippen LogP contribution in [0.5, 0.6) is 0 Å². The topological polar surface area (TPSA) is 65.2 Å². The molecule has 29 heavy (non-hydrogen) atoms. The van der Waals surface area contributed by atoms with Crippen LogP contribution in [-0.2, 0) is 11.2 Å². The van der Waals surface area contributed by atoms with Crippen molar-refractivity contribution < 1.29 is 9.59 Å². The Morgan fingerprint density at radius 2 is 1.93 bits per heavy atom. The molecule has 0 spiro atoms. The standard InChI is InChI=1S/C24H25N3O2/c1-14(2)11-12-25-23(28)20-13-18-15-7-5-6-10-19(15)26-21(18)22-16-8-3-4-9-17(16)24(29)27(20)22/h3-10,14,20,22,26H,11-13H2,1-2H3,(H,25,28)/t20-,22+/m1/s1. The summed E-state index contributed by atoms with van der Waals surface area (Å²) in [5.41, 5.74) is 4.91. The van der Waals surface area contributed by atoms with E-state index in [1.54, 1.807) is 4.90 Å². The van der Waals surface area contributed by atoms with E-state index in [-0.39, 0.29) is 17.9 Å². The minimum Gasteiger partial charge on any atom is -0.356 e. The number of aromatic nitrogens is 1. The van der Waals surface area contributed by atoms with Crippen LogP contribution in [0.25, 0.3) is 10.9 Å². The first kappa shape index (κ1) is 18.0. The summed E-state index contributed by atoms with van der Waals surface area (Å²) in [6, 6.07) is 15.2. The molecule has 2 aliphatic rings. The van der Waals surface area contributed by atoms with Crippen molar-refractivity contribution in [3.8, 4) is 0 Å². The largest absolute Gasteiger partial charge is 0.356 e. The highest BCUT2D eigenvalue weighted by molar-refractivity contribution is 6.03. The molecule has 0 saturated carbocycles. The molecule has 2 N–H and O–H groups in total. The highest BCUT2D eigenvalue weighted by Gasteiger charge is 2.48. The number of H-pyrrole nitrogens is 1. The van der Waals surface area contributed by atoms with Gasteiger partial charge in [0, 0.05) is 35.1 Å². The van der Waals surface area contributed by atoms with Gasteiger partial charge in [0.05, 0.1) is 6.04 Å². The average molecular weight is 387 g/mol. The third kappa shape index (κ3) is 2.76. The smallest absolute Gasteiger partial charge is 0.255 e. The molecule has 5 rings (SSSR count). The van der Waals surface area contributed by atoms with Crippen molar-refractivity contribution >= 4 is 22.7 Å². The lowest BCUT2D eigenvalue weighted by Crippen LogP contribution is -2.52. The van der Waals surface area contributed by atoms with Crippen LogP contribution in [-0.4, -0.2) is 34.3 Å². The molecule has 3 aromatic rings. The van der Waals surface area contributed by atoms with Gasteiger partial charge in [-0.2, -0.15) is 0 Å². The fourth-order valence-electron chi connectivity index (χ4n) is 4.74. The molecule has 2 aliphatic heterocycles. The Morgan fingerprint density at radius 3 is 2.76 bits per heavy atom. The van der Waals surface area contributed by atoms with E-state index in [1.807, 2.05) is 36.4 Å². The molecule has 1 aromatic heterocycles. The number of carbonyl (C=O) groups excluding carboxylic acids is 2. The zero-order valence-electron chi connectivity index (χ0n) is 16.7. The second-order valence-electron chi connectivity index (χ2n) is 8.46. The van der Waals surface area contributed by atoms with E-state index in [4.69, 9.17) is 0 Å². The second-order valence-corrected chi connectivity index (χ2v) is 8.46. The highest BCUT2D eigenvalue weighted by atomic mass is 16.2. The van der Waals surface area contributed by atoms with E-state index in [0.717, 1.165) is 34.1 Å². The van der Waals surface area contributed by atoms with Crippen LogP contribution in [0.15, 0.2) is 48.5 Å². The van der Waals surface area contributed by atoms with Crippen LogP contribution in [0.4, 0.5) is 0 Å². The summed E-state index contributed by atoms with van der Waals surface area (Å²) in [6.07, 6.45) is 1.46. The van der Waals surface area contributed by atoms with Crippen molar-refractivity contribution in [3.05, 3.63) is 70.9 Å². The summed E-state index contributed by atoms with van der Waals surface area (Å²) in [5.74, 6) is 0.402. The van der Waals surface area contributed by atoms with Gasteiger partial charge in [0.1, 0.15) is 6.04 Å². The number of para-hydroxylation sites is 1. The van der Waals surface area contributed by atoms with Crippen LogP contribution in [0, 0.1) is 5.92 Å². The predicted octanol–water partition coefficient (Wildman–Crippen LogP) is 3.80. The van der Waals surface area contributed by atoms with E-state index < -0.39 is 6.04 Å². The number of rotatable bonds is 4. The van der Waals surface area contributed by atoms with E-state index in [9.17, 15) is 9.59 Å². The molecular formula is C24H25N3O2. The van der Waals surface area contributed by atoms with Gasteiger partial charge in [-0.05, 0) is 35.6 Å². The average Bonchev–Trinajstić information content (AvgIpc) is 3.23. The summed E-state index contributed by atoms with van der Waals surface area (Å²) >= 11 is 0. The second kappa shape index (κ2) is 6.76. The SMILES string of the molecule is CC(C)CCNC(=O)[C@H]1Cc2c([nH]c3ccccc23)[C@@H]2c3ccccc3C(=O)N21. The monoisotopic (exact) mass is 387 g/mol. The first-order valence-corrected chi connectivity index (χ1v) is 10.3. The Hall–Kier alpha value is -3.08. The third-order valence-electron chi connectivity index (χ3n) is 6.18. The van der Waals surface area contributed by atoms with Crippen molar-refractivity contribution in [1.29, 1.82) is 0 Å².